The normalized spacial score (nSPS) is 22.0. The minimum atomic E-state index is -4.30. The fourth-order valence-electron chi connectivity index (χ4n) is 6.27. The molecule has 0 spiro atoms. The van der Waals surface area contributed by atoms with Gasteiger partial charge in [-0.25, -0.2) is 13.2 Å². The topological polar surface area (TPSA) is 190 Å². The monoisotopic (exact) mass is 662 g/mol. The number of hydrogen-bond acceptors (Lipinski definition) is 11. The Bertz CT molecular complexity index is 1490. The average molecular weight is 663 g/mol. The van der Waals surface area contributed by atoms with Gasteiger partial charge in [0.2, 0.25) is 16.8 Å². The summed E-state index contributed by atoms with van der Waals surface area (Å²) in [6, 6.07) is 11.5. The molecular formula is C31H40N3O11S-. The minimum Gasteiger partial charge on any atom is -0.530 e. The van der Waals surface area contributed by atoms with Crippen molar-refractivity contribution in [1.29, 1.82) is 0 Å². The molecular weight excluding hydrogens is 622 g/mol. The summed E-state index contributed by atoms with van der Waals surface area (Å²) in [4.78, 5) is 25.0. The molecule has 3 aliphatic rings. The fraction of sp³-hybridized carbons (Fsp3) is 0.548. The Morgan fingerprint density at radius 2 is 1.87 bits per heavy atom. The van der Waals surface area contributed by atoms with E-state index in [1.54, 1.807) is 26.0 Å². The number of rotatable bonds is 14. The molecule has 46 heavy (non-hydrogen) atoms. The van der Waals surface area contributed by atoms with Crippen LogP contribution in [0.3, 0.4) is 0 Å². The number of carbonyl (C=O) groups excluding carboxylic acids is 2. The summed E-state index contributed by atoms with van der Waals surface area (Å²) >= 11 is 0. The maximum absolute atomic E-state index is 14.3. The van der Waals surface area contributed by atoms with Gasteiger partial charge in [-0.2, -0.15) is 4.31 Å². The Morgan fingerprint density at radius 3 is 2.59 bits per heavy atom. The van der Waals surface area contributed by atoms with E-state index in [9.17, 15) is 28.2 Å². The molecule has 0 unspecified atom stereocenters. The van der Waals surface area contributed by atoms with Gasteiger partial charge in [0.15, 0.2) is 17.8 Å². The number of fused-ring (bicyclic) bond motifs is 2. The molecule has 2 aromatic carbocycles. The minimum absolute atomic E-state index is 0.0490. The number of carboxylic acid groups (broad SMARTS) is 1. The summed E-state index contributed by atoms with van der Waals surface area (Å²) < 4.78 is 56.6. The largest absolute Gasteiger partial charge is 0.530 e. The number of carbonyl (C=O) groups is 2. The maximum atomic E-state index is 14.3. The number of aliphatic hydroxyl groups is 1. The van der Waals surface area contributed by atoms with E-state index in [2.05, 4.69) is 0 Å². The zero-order chi connectivity index (χ0) is 33.1. The number of aliphatic hydroxyl groups excluding tert-OH is 1. The van der Waals surface area contributed by atoms with E-state index in [1.165, 1.54) is 18.2 Å². The summed E-state index contributed by atoms with van der Waals surface area (Å²) in [6.45, 7) is 3.36. The van der Waals surface area contributed by atoms with E-state index < -0.39 is 58.6 Å². The van der Waals surface area contributed by atoms with Crippen LogP contribution in [0.25, 0.3) is 0 Å². The highest BCUT2D eigenvalue weighted by molar-refractivity contribution is 7.89. The first-order chi connectivity index (χ1) is 21.9. The summed E-state index contributed by atoms with van der Waals surface area (Å²) in [6.07, 6.45) is -3.62. The Hall–Kier alpha value is -3.63. The zero-order valence-corrected chi connectivity index (χ0v) is 26.6. The van der Waals surface area contributed by atoms with Crippen molar-refractivity contribution in [3.63, 3.8) is 0 Å². The van der Waals surface area contributed by atoms with E-state index in [1.807, 2.05) is 18.2 Å². The molecule has 0 saturated carbocycles. The zero-order valence-electron chi connectivity index (χ0n) is 25.8. The number of hydrogen-bond donors (Lipinski definition) is 2. The number of benzene rings is 2. The van der Waals surface area contributed by atoms with E-state index in [4.69, 9.17) is 29.4 Å². The first-order valence-corrected chi connectivity index (χ1v) is 16.6. The smallest absolute Gasteiger partial charge is 0.404 e. The molecule has 0 bridgehead atoms. The van der Waals surface area contributed by atoms with Gasteiger partial charge in [0.05, 0.1) is 42.9 Å². The highest BCUT2D eigenvalue weighted by atomic mass is 32.2. The van der Waals surface area contributed by atoms with Crippen molar-refractivity contribution in [2.24, 2.45) is 17.1 Å². The molecule has 5 rings (SSSR count). The molecule has 3 N–H and O–H groups in total. The molecule has 0 aromatic heterocycles. The lowest BCUT2D eigenvalue weighted by atomic mass is 9.89. The summed E-state index contributed by atoms with van der Waals surface area (Å²) in [5.74, 6) is 0.395. The molecule has 0 aliphatic carbocycles. The lowest BCUT2D eigenvalue weighted by Crippen LogP contribution is -2.61. The number of nitrogens with zero attached hydrogens (tertiary/aromatic N) is 2. The molecule has 5 atom stereocenters. The molecule has 2 amide bonds. The van der Waals surface area contributed by atoms with Crippen LogP contribution in [0.1, 0.15) is 32.3 Å². The van der Waals surface area contributed by atoms with Gasteiger partial charge < -0.3 is 49.3 Å². The summed E-state index contributed by atoms with van der Waals surface area (Å²) in [5, 5.41) is 24.8. The first-order valence-electron chi connectivity index (χ1n) is 15.1. The fourth-order valence-corrected chi connectivity index (χ4v) is 7.93. The van der Waals surface area contributed by atoms with E-state index in [-0.39, 0.29) is 56.0 Å². The Balaban J connectivity index is 1.48. The molecule has 14 nitrogen and oxygen atoms in total. The molecule has 2 saturated heterocycles. The number of primary amides is 1. The highest BCUT2D eigenvalue weighted by Gasteiger charge is 2.47. The molecule has 2 fully saturated rings. The van der Waals surface area contributed by atoms with Crippen molar-refractivity contribution in [3.05, 3.63) is 54.1 Å². The molecule has 0 radical (unpaired) electrons. The van der Waals surface area contributed by atoms with Gasteiger partial charge in [0.25, 0.3) is 0 Å². The quantitative estimate of drug-likeness (QED) is 0.297. The number of sulfonamides is 1. The molecule has 3 aliphatic heterocycles. The second kappa shape index (κ2) is 14.0. The van der Waals surface area contributed by atoms with E-state index in [0.717, 1.165) is 14.8 Å². The van der Waals surface area contributed by atoms with Gasteiger partial charge in [-0.3, -0.25) is 0 Å². The van der Waals surface area contributed by atoms with E-state index >= 15 is 0 Å². The Kier molecular flexibility index (Phi) is 10.3. The van der Waals surface area contributed by atoms with Crippen LogP contribution in [0.15, 0.2) is 53.4 Å². The van der Waals surface area contributed by atoms with Gasteiger partial charge in [0.1, 0.15) is 6.09 Å². The van der Waals surface area contributed by atoms with Crippen molar-refractivity contribution in [2.45, 2.75) is 62.5 Å². The summed E-state index contributed by atoms with van der Waals surface area (Å²) in [5.41, 5.74) is 5.09. The Labute approximate surface area is 268 Å². The number of nitrogens with two attached hydrogens (primary N) is 1. The molecule has 2 aromatic rings. The van der Waals surface area contributed by atoms with E-state index in [0.29, 0.717) is 18.8 Å². The SMILES string of the molecule is CC(C)(CCOC(N)=O)CN(C[C@@H](O)[C@H](Cc1ccccc1)N(C(=O)[O-])[C@H]1CO[C@H]2OCC[C@H]21)S(=O)(=O)c1ccc2c(c1)OCO2. The third kappa shape index (κ3) is 7.66. The third-order valence-electron chi connectivity index (χ3n) is 8.67. The number of amides is 2. The second-order valence-corrected chi connectivity index (χ2v) is 14.4. The predicted molar refractivity (Wildman–Crippen MR) is 160 cm³/mol. The van der Waals surface area contributed by atoms with Crippen LogP contribution < -0.4 is 20.3 Å². The number of ether oxygens (including phenoxy) is 5. The van der Waals surface area contributed by atoms with Crippen molar-refractivity contribution in [3.8, 4) is 11.5 Å². The summed E-state index contributed by atoms with van der Waals surface area (Å²) in [7, 11) is -4.30. The highest BCUT2D eigenvalue weighted by Crippen LogP contribution is 2.38. The predicted octanol–water partition coefficient (Wildman–Crippen LogP) is 1.30. The van der Waals surface area contributed by atoms with Crippen LogP contribution in [0, 0.1) is 11.3 Å². The molecule has 15 heteroatoms. The van der Waals surface area contributed by atoms with Crippen LogP contribution in [0.2, 0.25) is 0 Å². The van der Waals surface area contributed by atoms with Gasteiger partial charge in [-0.15, -0.1) is 0 Å². The van der Waals surface area contributed by atoms with Crippen molar-refractivity contribution >= 4 is 22.2 Å². The average Bonchev–Trinajstić information content (AvgIpc) is 3.75. The van der Waals surface area contributed by atoms with Gasteiger partial charge in [-0.1, -0.05) is 44.2 Å². The van der Waals surface area contributed by atoms with Gasteiger partial charge in [-0.05, 0) is 42.4 Å². The van der Waals surface area contributed by atoms with Crippen molar-refractivity contribution in [2.75, 3.05) is 39.7 Å². The van der Waals surface area contributed by atoms with Crippen LogP contribution >= 0.6 is 0 Å². The van der Waals surface area contributed by atoms with Crippen LogP contribution in [0.5, 0.6) is 11.5 Å². The van der Waals surface area contributed by atoms with Gasteiger partial charge >= 0.3 is 6.09 Å². The lowest BCUT2D eigenvalue weighted by Gasteiger charge is -2.43. The third-order valence-corrected chi connectivity index (χ3v) is 10.5. The molecule has 252 valence electrons. The van der Waals surface area contributed by atoms with Crippen LogP contribution in [-0.2, 0) is 30.7 Å². The second-order valence-electron chi connectivity index (χ2n) is 12.5. The lowest BCUT2D eigenvalue weighted by molar-refractivity contribution is -0.273. The van der Waals surface area contributed by atoms with Crippen molar-refractivity contribution in [1.82, 2.24) is 9.21 Å². The molecule has 3 heterocycles. The maximum Gasteiger partial charge on any atom is 0.404 e. The van der Waals surface area contributed by atoms with Crippen molar-refractivity contribution < 1.29 is 51.9 Å². The van der Waals surface area contributed by atoms with Gasteiger partial charge in [0, 0.05) is 25.1 Å². The Morgan fingerprint density at radius 1 is 1.13 bits per heavy atom. The van der Waals surface area contributed by atoms with Crippen LogP contribution in [-0.4, -0.2) is 99.1 Å². The van der Waals surface area contributed by atoms with Crippen LogP contribution in [0.4, 0.5) is 9.59 Å². The first kappa shape index (κ1) is 33.7. The standard InChI is InChI=1S/C31H41N3O11S/c1-31(2,11-13-42-29(32)36)18-33(46(39,40)21-8-9-26-27(15-21)45-19-44-26)16-25(35)23(14-20-6-4-3-5-7-20)34(30(37)38)24-17-43-28-22(24)10-12-41-28/h3-9,15,22-25,28,35H,10-14,16-19H2,1-2H3,(H2,32,36)(H,37,38)/p-1/t22-,23-,24-,25+,28+/m0/s1.